The Bertz CT molecular complexity index is 403. The lowest BCUT2D eigenvalue weighted by atomic mass is 10.0. The summed E-state index contributed by atoms with van der Waals surface area (Å²) in [4.78, 5) is 9.53. The lowest BCUT2D eigenvalue weighted by molar-refractivity contribution is -0.0457. The number of rotatable bonds is 7. The molecule has 2 rings (SSSR count). The summed E-state index contributed by atoms with van der Waals surface area (Å²) in [5, 5.41) is 3.32. The van der Waals surface area contributed by atoms with Crippen molar-refractivity contribution in [1.29, 1.82) is 0 Å². The normalized spacial score (nSPS) is 17.4. The standard InChI is InChI=1S/C16H27N3O/c1-4-9-13-12-14(17-5-2)19-15(18-13)16(20-6-3)10-7-8-11-16/h12H,4-11H2,1-3H3,(H,17,18,19). The molecule has 112 valence electrons. The number of aromatic nitrogens is 2. The molecule has 0 atom stereocenters. The first kappa shape index (κ1) is 15.2. The summed E-state index contributed by atoms with van der Waals surface area (Å²) in [5.74, 6) is 1.82. The second kappa shape index (κ2) is 7.02. The average Bonchev–Trinajstić information content (AvgIpc) is 2.90. The minimum Gasteiger partial charge on any atom is -0.370 e. The molecule has 0 aliphatic heterocycles. The minimum atomic E-state index is -0.247. The monoisotopic (exact) mass is 277 g/mol. The zero-order valence-electron chi connectivity index (χ0n) is 13.0. The van der Waals surface area contributed by atoms with E-state index in [4.69, 9.17) is 14.7 Å². The molecule has 1 fully saturated rings. The Hall–Kier alpha value is -1.16. The number of nitrogens with one attached hydrogen (secondary N) is 1. The van der Waals surface area contributed by atoms with Gasteiger partial charge in [0.1, 0.15) is 11.4 Å². The van der Waals surface area contributed by atoms with Crippen molar-refractivity contribution in [2.24, 2.45) is 0 Å². The fourth-order valence-corrected chi connectivity index (χ4v) is 3.01. The molecule has 1 heterocycles. The van der Waals surface area contributed by atoms with Crippen LogP contribution < -0.4 is 5.32 Å². The minimum absolute atomic E-state index is 0.247. The maximum Gasteiger partial charge on any atom is 0.162 e. The summed E-state index contributed by atoms with van der Waals surface area (Å²) in [6, 6.07) is 2.07. The number of ether oxygens (including phenoxy) is 1. The predicted molar refractivity (Wildman–Crippen MR) is 82.0 cm³/mol. The van der Waals surface area contributed by atoms with E-state index in [0.717, 1.165) is 56.2 Å². The summed E-state index contributed by atoms with van der Waals surface area (Å²) in [6.07, 6.45) is 6.60. The molecule has 0 amide bonds. The maximum absolute atomic E-state index is 6.09. The van der Waals surface area contributed by atoms with E-state index < -0.39 is 0 Å². The number of anilines is 1. The van der Waals surface area contributed by atoms with E-state index in [1.165, 1.54) is 12.8 Å². The molecule has 0 bridgehead atoms. The molecule has 0 unspecified atom stereocenters. The van der Waals surface area contributed by atoms with Gasteiger partial charge in [0, 0.05) is 24.9 Å². The highest BCUT2D eigenvalue weighted by Crippen LogP contribution is 2.40. The van der Waals surface area contributed by atoms with Crippen molar-refractivity contribution in [1.82, 2.24) is 9.97 Å². The van der Waals surface area contributed by atoms with Gasteiger partial charge in [0.15, 0.2) is 5.82 Å². The zero-order chi connectivity index (χ0) is 14.4. The fraction of sp³-hybridized carbons (Fsp3) is 0.750. The van der Waals surface area contributed by atoms with Crippen molar-refractivity contribution in [3.05, 3.63) is 17.6 Å². The third-order valence-electron chi connectivity index (χ3n) is 3.88. The number of nitrogens with zero attached hydrogens (tertiary/aromatic N) is 2. The van der Waals surface area contributed by atoms with Gasteiger partial charge in [0.2, 0.25) is 0 Å². The lowest BCUT2D eigenvalue weighted by Gasteiger charge is -2.28. The van der Waals surface area contributed by atoms with Crippen LogP contribution in [0.25, 0.3) is 0 Å². The molecule has 1 N–H and O–H groups in total. The number of hydrogen-bond donors (Lipinski definition) is 1. The SMILES string of the molecule is CCCc1cc(NCC)nc(C2(OCC)CCCC2)n1. The van der Waals surface area contributed by atoms with Gasteiger partial charge >= 0.3 is 0 Å². The van der Waals surface area contributed by atoms with Gasteiger partial charge in [0.05, 0.1) is 0 Å². The highest BCUT2D eigenvalue weighted by Gasteiger charge is 2.39. The molecule has 0 radical (unpaired) electrons. The third-order valence-corrected chi connectivity index (χ3v) is 3.88. The Morgan fingerprint density at radius 2 is 1.95 bits per heavy atom. The molecule has 1 aliphatic carbocycles. The van der Waals surface area contributed by atoms with Crippen molar-refractivity contribution in [3.63, 3.8) is 0 Å². The predicted octanol–water partition coefficient (Wildman–Crippen LogP) is 3.67. The Morgan fingerprint density at radius 1 is 1.20 bits per heavy atom. The first-order valence-corrected chi connectivity index (χ1v) is 8.00. The van der Waals surface area contributed by atoms with Crippen LogP contribution >= 0.6 is 0 Å². The van der Waals surface area contributed by atoms with Crippen LogP contribution in [0.2, 0.25) is 0 Å². The van der Waals surface area contributed by atoms with E-state index in [1.807, 2.05) is 0 Å². The molecule has 1 saturated carbocycles. The third kappa shape index (κ3) is 3.29. The van der Waals surface area contributed by atoms with Crippen molar-refractivity contribution in [2.45, 2.75) is 64.9 Å². The molecule has 20 heavy (non-hydrogen) atoms. The van der Waals surface area contributed by atoms with Gasteiger partial charge in [-0.1, -0.05) is 13.3 Å². The van der Waals surface area contributed by atoms with Crippen molar-refractivity contribution in [3.8, 4) is 0 Å². The van der Waals surface area contributed by atoms with Gasteiger partial charge in [-0.25, -0.2) is 9.97 Å². The number of hydrogen-bond acceptors (Lipinski definition) is 4. The fourth-order valence-electron chi connectivity index (χ4n) is 3.01. The van der Waals surface area contributed by atoms with Gasteiger partial charge in [-0.05, 0) is 46.0 Å². The van der Waals surface area contributed by atoms with Crippen LogP contribution in [0.5, 0.6) is 0 Å². The Kier molecular flexibility index (Phi) is 5.35. The van der Waals surface area contributed by atoms with Crippen LogP contribution in [-0.2, 0) is 16.8 Å². The second-order valence-electron chi connectivity index (χ2n) is 5.48. The topological polar surface area (TPSA) is 47.0 Å². The zero-order valence-corrected chi connectivity index (χ0v) is 13.0. The first-order chi connectivity index (χ1) is 9.74. The molecular weight excluding hydrogens is 250 g/mol. The van der Waals surface area contributed by atoms with E-state index >= 15 is 0 Å². The number of aryl methyl sites for hydroxylation is 1. The Morgan fingerprint density at radius 3 is 2.55 bits per heavy atom. The van der Waals surface area contributed by atoms with Crippen molar-refractivity contribution >= 4 is 5.82 Å². The smallest absolute Gasteiger partial charge is 0.162 e. The van der Waals surface area contributed by atoms with Gasteiger partial charge in [0.25, 0.3) is 0 Å². The Labute approximate surface area is 122 Å². The Balaban J connectivity index is 2.36. The molecule has 4 heteroatoms. The van der Waals surface area contributed by atoms with E-state index in [-0.39, 0.29) is 5.60 Å². The lowest BCUT2D eigenvalue weighted by Crippen LogP contribution is -2.29. The summed E-state index contributed by atoms with van der Waals surface area (Å²) in [6.45, 7) is 7.93. The van der Waals surface area contributed by atoms with Crippen LogP contribution in [0.4, 0.5) is 5.82 Å². The largest absolute Gasteiger partial charge is 0.370 e. The highest BCUT2D eigenvalue weighted by molar-refractivity contribution is 5.37. The van der Waals surface area contributed by atoms with Crippen LogP contribution in [0.1, 0.15) is 64.4 Å². The van der Waals surface area contributed by atoms with E-state index in [9.17, 15) is 0 Å². The molecule has 0 aromatic carbocycles. The molecule has 1 aromatic rings. The summed E-state index contributed by atoms with van der Waals surface area (Å²) in [5.41, 5.74) is 0.877. The summed E-state index contributed by atoms with van der Waals surface area (Å²) >= 11 is 0. The maximum atomic E-state index is 6.09. The van der Waals surface area contributed by atoms with Gasteiger partial charge in [-0.3, -0.25) is 0 Å². The van der Waals surface area contributed by atoms with Crippen molar-refractivity contribution in [2.75, 3.05) is 18.5 Å². The van der Waals surface area contributed by atoms with Crippen LogP contribution in [-0.4, -0.2) is 23.1 Å². The molecule has 1 aromatic heterocycles. The average molecular weight is 277 g/mol. The first-order valence-electron chi connectivity index (χ1n) is 8.00. The molecule has 0 spiro atoms. The summed E-state index contributed by atoms with van der Waals surface area (Å²) in [7, 11) is 0. The van der Waals surface area contributed by atoms with Crippen molar-refractivity contribution < 1.29 is 4.74 Å². The van der Waals surface area contributed by atoms with Crippen LogP contribution in [0.15, 0.2) is 6.07 Å². The van der Waals surface area contributed by atoms with E-state index in [1.54, 1.807) is 0 Å². The molecule has 0 saturated heterocycles. The molecular formula is C16H27N3O. The van der Waals surface area contributed by atoms with Gasteiger partial charge in [-0.2, -0.15) is 0 Å². The highest BCUT2D eigenvalue weighted by atomic mass is 16.5. The van der Waals surface area contributed by atoms with Crippen LogP contribution in [0, 0.1) is 0 Å². The molecule has 1 aliphatic rings. The van der Waals surface area contributed by atoms with Gasteiger partial charge < -0.3 is 10.1 Å². The summed E-state index contributed by atoms with van der Waals surface area (Å²) < 4.78 is 6.09. The quantitative estimate of drug-likeness (QED) is 0.826. The van der Waals surface area contributed by atoms with Crippen LogP contribution in [0.3, 0.4) is 0 Å². The van der Waals surface area contributed by atoms with E-state index in [0.29, 0.717) is 0 Å². The van der Waals surface area contributed by atoms with E-state index in [2.05, 4.69) is 32.2 Å². The second-order valence-corrected chi connectivity index (χ2v) is 5.48. The molecule has 4 nitrogen and oxygen atoms in total. The van der Waals surface area contributed by atoms with Gasteiger partial charge in [-0.15, -0.1) is 0 Å².